The summed E-state index contributed by atoms with van der Waals surface area (Å²) in [4.78, 5) is 12.4. The molecule has 1 aromatic heterocycles. The predicted octanol–water partition coefficient (Wildman–Crippen LogP) is 4.39. The lowest BCUT2D eigenvalue weighted by Crippen LogP contribution is -2.14. The average Bonchev–Trinajstić information content (AvgIpc) is 3.33. The van der Waals surface area contributed by atoms with Gasteiger partial charge in [0.15, 0.2) is 0 Å². The van der Waals surface area contributed by atoms with Crippen LogP contribution in [0.25, 0.3) is 0 Å². The fraction of sp³-hybridized carbons (Fsp3) is 0.200. The maximum Gasteiger partial charge on any atom is 0.238 e. The number of ether oxygens (including phenoxy) is 1. The number of nitrogens with zero attached hydrogens (tertiary/aromatic N) is 1. The molecule has 5 nitrogen and oxygen atoms in total. The number of aryl methyl sites for hydroxylation is 1. The first-order chi connectivity index (χ1) is 12.6. The Balaban J connectivity index is 1.34. The van der Waals surface area contributed by atoms with Gasteiger partial charge in [0.25, 0.3) is 0 Å². The molecule has 2 aromatic carbocycles. The Labute approximate surface area is 150 Å². The number of H-pyrrole nitrogens is 1. The summed E-state index contributed by atoms with van der Waals surface area (Å²) < 4.78 is 18.6. The van der Waals surface area contributed by atoms with Gasteiger partial charge in [-0.1, -0.05) is 12.1 Å². The molecule has 0 spiro atoms. The van der Waals surface area contributed by atoms with E-state index in [-0.39, 0.29) is 23.6 Å². The van der Waals surface area contributed by atoms with Crippen molar-refractivity contribution in [3.05, 3.63) is 71.7 Å². The van der Waals surface area contributed by atoms with Crippen molar-refractivity contribution in [3.63, 3.8) is 0 Å². The van der Waals surface area contributed by atoms with Gasteiger partial charge in [-0.2, -0.15) is 0 Å². The van der Waals surface area contributed by atoms with Crippen molar-refractivity contribution in [2.75, 3.05) is 5.32 Å². The minimum atomic E-state index is -0.261. The number of carbonyl (C=O) groups excluding carboxylic acids is 1. The van der Waals surface area contributed by atoms with Gasteiger partial charge in [-0.15, -0.1) is 5.10 Å². The van der Waals surface area contributed by atoms with E-state index >= 15 is 0 Å². The van der Waals surface area contributed by atoms with Gasteiger partial charge in [0.1, 0.15) is 11.6 Å². The molecule has 2 N–H and O–H groups in total. The predicted molar refractivity (Wildman–Crippen MR) is 95.7 cm³/mol. The van der Waals surface area contributed by atoms with Gasteiger partial charge < -0.3 is 10.1 Å². The summed E-state index contributed by atoms with van der Waals surface area (Å²) in [5.41, 5.74) is 2.64. The summed E-state index contributed by atoms with van der Waals surface area (Å²) in [6, 6.07) is 15.3. The second-order valence-corrected chi connectivity index (χ2v) is 6.51. The van der Waals surface area contributed by atoms with Gasteiger partial charge >= 0.3 is 0 Å². The Bertz CT molecular complexity index is 919. The molecule has 2 unspecified atom stereocenters. The van der Waals surface area contributed by atoms with Crippen LogP contribution in [-0.2, 0) is 4.79 Å². The molecule has 0 radical (unpaired) electrons. The average molecular weight is 351 g/mol. The van der Waals surface area contributed by atoms with Crippen molar-refractivity contribution >= 4 is 11.6 Å². The van der Waals surface area contributed by atoms with Crippen molar-refractivity contribution in [1.29, 1.82) is 0 Å². The summed E-state index contributed by atoms with van der Waals surface area (Å²) in [6.07, 6.45) is 0.789. The molecule has 132 valence electrons. The second kappa shape index (κ2) is 6.63. The maximum absolute atomic E-state index is 13.0. The molecule has 0 aliphatic heterocycles. The molecule has 2 atom stereocenters. The lowest BCUT2D eigenvalue weighted by Gasteiger charge is -2.07. The summed E-state index contributed by atoms with van der Waals surface area (Å²) >= 11 is 0. The normalized spacial score (nSPS) is 18.4. The van der Waals surface area contributed by atoms with Gasteiger partial charge in [-0.25, -0.2) is 4.39 Å². The van der Waals surface area contributed by atoms with Crippen molar-refractivity contribution in [3.8, 4) is 11.6 Å². The number of amides is 1. The van der Waals surface area contributed by atoms with Crippen LogP contribution in [0.5, 0.6) is 11.6 Å². The van der Waals surface area contributed by atoms with E-state index in [4.69, 9.17) is 4.74 Å². The van der Waals surface area contributed by atoms with E-state index in [2.05, 4.69) is 15.5 Å². The number of carbonyl (C=O) groups is 1. The fourth-order valence-corrected chi connectivity index (χ4v) is 2.97. The van der Waals surface area contributed by atoms with Gasteiger partial charge in [0, 0.05) is 23.4 Å². The Kier molecular flexibility index (Phi) is 4.16. The van der Waals surface area contributed by atoms with Crippen LogP contribution >= 0.6 is 0 Å². The Morgan fingerprint density at radius 2 is 1.92 bits per heavy atom. The number of rotatable bonds is 5. The minimum absolute atomic E-state index is 0.0177. The Morgan fingerprint density at radius 1 is 1.19 bits per heavy atom. The highest BCUT2D eigenvalue weighted by Crippen LogP contribution is 2.48. The van der Waals surface area contributed by atoms with E-state index in [1.807, 2.05) is 6.92 Å². The first-order valence-corrected chi connectivity index (χ1v) is 8.45. The molecule has 26 heavy (non-hydrogen) atoms. The maximum atomic E-state index is 13.0. The zero-order valence-electron chi connectivity index (χ0n) is 14.2. The van der Waals surface area contributed by atoms with Crippen LogP contribution in [0.3, 0.4) is 0 Å². The van der Waals surface area contributed by atoms with Gasteiger partial charge in [-0.3, -0.25) is 9.89 Å². The van der Waals surface area contributed by atoms with E-state index in [9.17, 15) is 9.18 Å². The number of hydrogen-bond acceptors (Lipinski definition) is 3. The van der Waals surface area contributed by atoms with Crippen molar-refractivity contribution in [1.82, 2.24) is 10.2 Å². The van der Waals surface area contributed by atoms with E-state index in [1.54, 1.807) is 42.5 Å². The molecular formula is C20H18FN3O2. The number of aromatic nitrogens is 2. The number of nitrogens with one attached hydrogen (secondary N) is 2. The molecule has 1 amide bonds. The van der Waals surface area contributed by atoms with Crippen molar-refractivity contribution in [2.45, 2.75) is 19.3 Å². The molecule has 6 heteroatoms. The smallest absolute Gasteiger partial charge is 0.238 e. The standard InChI is InChI=1S/C20H18FN3O2/c1-12-10-19(24-23-12)26-16-8-6-15(7-9-16)22-20(25)18-11-17(18)13-2-4-14(21)5-3-13/h2-10,17-18H,11H2,1H3,(H,22,25)(H,23,24). The van der Waals surface area contributed by atoms with E-state index in [0.717, 1.165) is 17.7 Å². The van der Waals surface area contributed by atoms with Gasteiger partial charge in [-0.05, 0) is 61.2 Å². The zero-order valence-corrected chi connectivity index (χ0v) is 14.2. The number of halogens is 1. The SMILES string of the molecule is Cc1cc(Oc2ccc(NC(=O)C3CC3c3ccc(F)cc3)cc2)n[nH]1. The first kappa shape index (κ1) is 16.3. The van der Waals surface area contributed by atoms with Gasteiger partial charge in [0.05, 0.1) is 0 Å². The lowest BCUT2D eigenvalue weighted by molar-refractivity contribution is -0.117. The molecule has 1 aliphatic rings. The van der Waals surface area contributed by atoms with Crippen LogP contribution in [-0.4, -0.2) is 16.1 Å². The van der Waals surface area contributed by atoms with E-state index in [1.165, 1.54) is 12.1 Å². The molecule has 1 heterocycles. The first-order valence-electron chi connectivity index (χ1n) is 8.45. The van der Waals surface area contributed by atoms with Crippen LogP contribution in [0.4, 0.5) is 10.1 Å². The summed E-state index contributed by atoms with van der Waals surface area (Å²) in [5, 5.41) is 9.75. The third-order valence-corrected chi connectivity index (χ3v) is 4.45. The van der Waals surface area contributed by atoms with Crippen molar-refractivity contribution in [2.24, 2.45) is 5.92 Å². The number of benzene rings is 2. The summed E-state index contributed by atoms with van der Waals surface area (Å²) in [5.74, 6) is 0.965. The van der Waals surface area contributed by atoms with E-state index < -0.39 is 0 Å². The molecular weight excluding hydrogens is 333 g/mol. The summed E-state index contributed by atoms with van der Waals surface area (Å²) in [7, 11) is 0. The topological polar surface area (TPSA) is 67.0 Å². The van der Waals surface area contributed by atoms with Crippen LogP contribution < -0.4 is 10.1 Å². The third kappa shape index (κ3) is 3.59. The van der Waals surface area contributed by atoms with Crippen LogP contribution in [0, 0.1) is 18.7 Å². The highest BCUT2D eigenvalue weighted by atomic mass is 19.1. The molecule has 4 rings (SSSR count). The lowest BCUT2D eigenvalue weighted by atomic mass is 10.1. The molecule has 0 saturated heterocycles. The molecule has 3 aromatic rings. The highest BCUT2D eigenvalue weighted by molar-refractivity contribution is 5.95. The van der Waals surface area contributed by atoms with Gasteiger partial charge in [0.2, 0.25) is 11.8 Å². The molecule has 0 bridgehead atoms. The largest absolute Gasteiger partial charge is 0.438 e. The Hall–Kier alpha value is -3.15. The number of aromatic amines is 1. The van der Waals surface area contributed by atoms with Crippen LogP contribution in [0.1, 0.15) is 23.6 Å². The van der Waals surface area contributed by atoms with Crippen molar-refractivity contribution < 1.29 is 13.9 Å². The van der Waals surface area contributed by atoms with Crippen LogP contribution in [0.15, 0.2) is 54.6 Å². The zero-order chi connectivity index (χ0) is 18.1. The monoisotopic (exact) mass is 351 g/mol. The Morgan fingerprint density at radius 3 is 2.58 bits per heavy atom. The summed E-state index contributed by atoms with van der Waals surface area (Å²) in [6.45, 7) is 1.90. The highest BCUT2D eigenvalue weighted by Gasteiger charge is 2.43. The van der Waals surface area contributed by atoms with Crippen LogP contribution in [0.2, 0.25) is 0 Å². The quantitative estimate of drug-likeness (QED) is 0.716. The minimum Gasteiger partial charge on any atom is -0.438 e. The number of hydrogen-bond donors (Lipinski definition) is 2. The molecule has 1 saturated carbocycles. The van der Waals surface area contributed by atoms with E-state index in [0.29, 0.717) is 17.3 Å². The molecule has 1 aliphatic carbocycles. The number of anilines is 1. The third-order valence-electron chi connectivity index (χ3n) is 4.45. The fourth-order valence-electron chi connectivity index (χ4n) is 2.97. The molecule has 1 fully saturated rings. The second-order valence-electron chi connectivity index (χ2n) is 6.51.